The van der Waals surface area contributed by atoms with Crippen molar-refractivity contribution in [1.29, 1.82) is 0 Å². The first kappa shape index (κ1) is 15.8. The smallest absolute Gasteiger partial charge is 0.232 e. The van der Waals surface area contributed by atoms with Gasteiger partial charge in [-0.15, -0.1) is 0 Å². The molecule has 0 radical (unpaired) electrons. The van der Waals surface area contributed by atoms with Crippen LogP contribution in [0, 0.1) is 0 Å². The number of amides is 2. The Morgan fingerprint density at radius 2 is 2.16 bits per heavy atom. The van der Waals surface area contributed by atoms with Crippen molar-refractivity contribution in [3.63, 3.8) is 0 Å². The highest BCUT2D eigenvalue weighted by atomic mass is 16.5. The second-order valence-electron chi connectivity index (χ2n) is 6.57. The largest absolute Gasteiger partial charge is 0.343 e. The summed E-state index contributed by atoms with van der Waals surface area (Å²) < 4.78 is 4.87. The minimum absolute atomic E-state index is 0.0337. The number of hydrogen-bond acceptors (Lipinski definition) is 5. The van der Waals surface area contributed by atoms with Crippen molar-refractivity contribution in [2.45, 2.75) is 44.1 Å². The van der Waals surface area contributed by atoms with Crippen molar-refractivity contribution in [3.8, 4) is 0 Å². The van der Waals surface area contributed by atoms with Crippen molar-refractivity contribution in [1.82, 2.24) is 15.0 Å². The Hall–Kier alpha value is -2.70. The molecule has 2 aliphatic rings. The molecule has 2 aliphatic heterocycles. The van der Waals surface area contributed by atoms with Gasteiger partial charge in [0, 0.05) is 18.7 Å². The number of benzene rings is 1. The van der Waals surface area contributed by atoms with E-state index >= 15 is 0 Å². The molecule has 1 saturated heterocycles. The zero-order valence-corrected chi connectivity index (χ0v) is 13.9. The topological polar surface area (TPSA) is 88.3 Å². The van der Waals surface area contributed by atoms with E-state index in [4.69, 9.17) is 4.52 Å². The molecule has 0 spiro atoms. The van der Waals surface area contributed by atoms with Crippen LogP contribution in [-0.2, 0) is 9.59 Å². The molecule has 1 aromatic heterocycles. The number of anilines is 1. The molecule has 2 aromatic rings. The van der Waals surface area contributed by atoms with E-state index in [1.165, 1.54) is 6.39 Å². The zero-order valence-electron chi connectivity index (χ0n) is 13.9. The van der Waals surface area contributed by atoms with Crippen LogP contribution in [0.5, 0.6) is 0 Å². The third-order valence-electron chi connectivity index (χ3n) is 5.04. The molecule has 2 amide bonds. The van der Waals surface area contributed by atoms with Gasteiger partial charge in [0.2, 0.25) is 18.2 Å². The van der Waals surface area contributed by atoms with E-state index in [2.05, 4.69) is 15.5 Å². The van der Waals surface area contributed by atoms with Crippen LogP contribution in [0.4, 0.5) is 5.69 Å². The lowest BCUT2D eigenvalue weighted by atomic mass is 9.96. The van der Waals surface area contributed by atoms with Gasteiger partial charge in [0.15, 0.2) is 5.82 Å². The maximum absolute atomic E-state index is 13.0. The SMILES string of the molecule is O=C1Nc2ccccc2[C@@H]1CC(=O)N1CCCCC[C@H]1c1ncon1. The van der Waals surface area contributed by atoms with Crippen LogP contribution in [-0.4, -0.2) is 33.4 Å². The molecule has 7 heteroatoms. The lowest BCUT2D eigenvalue weighted by Crippen LogP contribution is -2.36. The van der Waals surface area contributed by atoms with E-state index in [0.717, 1.165) is 36.9 Å². The lowest BCUT2D eigenvalue weighted by molar-refractivity contribution is -0.135. The number of hydrogen-bond donors (Lipinski definition) is 1. The molecule has 25 heavy (non-hydrogen) atoms. The van der Waals surface area contributed by atoms with E-state index in [-0.39, 0.29) is 24.3 Å². The van der Waals surface area contributed by atoms with Gasteiger partial charge in [0.1, 0.15) is 0 Å². The fraction of sp³-hybridized carbons (Fsp3) is 0.444. The normalized spacial score (nSPS) is 23.0. The summed E-state index contributed by atoms with van der Waals surface area (Å²) in [6.07, 6.45) is 5.33. The highest BCUT2D eigenvalue weighted by molar-refractivity contribution is 6.04. The number of likely N-dealkylation sites (tertiary alicyclic amines) is 1. The average Bonchev–Trinajstić information content (AvgIpc) is 3.17. The molecule has 7 nitrogen and oxygen atoms in total. The van der Waals surface area contributed by atoms with Gasteiger partial charge in [-0.25, -0.2) is 0 Å². The second-order valence-corrected chi connectivity index (χ2v) is 6.57. The molecule has 0 saturated carbocycles. The molecule has 2 atom stereocenters. The lowest BCUT2D eigenvalue weighted by Gasteiger charge is -2.28. The Bertz CT molecular complexity index is 774. The number of fused-ring (bicyclic) bond motifs is 1. The van der Waals surface area contributed by atoms with Crippen LogP contribution < -0.4 is 5.32 Å². The van der Waals surface area contributed by atoms with Gasteiger partial charge in [0.05, 0.1) is 12.0 Å². The summed E-state index contributed by atoms with van der Waals surface area (Å²) in [5.74, 6) is -0.0292. The molecule has 1 aromatic carbocycles. The summed E-state index contributed by atoms with van der Waals surface area (Å²) in [7, 11) is 0. The average molecular weight is 340 g/mol. The minimum atomic E-state index is -0.433. The molecule has 3 heterocycles. The third kappa shape index (κ3) is 3.01. The predicted molar refractivity (Wildman–Crippen MR) is 89.6 cm³/mol. The molecular formula is C18H20N4O3. The fourth-order valence-corrected chi connectivity index (χ4v) is 3.77. The maximum Gasteiger partial charge on any atom is 0.232 e. The van der Waals surface area contributed by atoms with Crippen molar-refractivity contribution >= 4 is 17.5 Å². The quantitative estimate of drug-likeness (QED) is 0.928. The monoisotopic (exact) mass is 340 g/mol. The van der Waals surface area contributed by atoms with Gasteiger partial charge in [-0.05, 0) is 24.5 Å². The number of nitrogens with zero attached hydrogens (tertiary/aromatic N) is 3. The number of carbonyl (C=O) groups excluding carboxylic acids is 2. The molecule has 4 rings (SSSR count). The summed E-state index contributed by atoms with van der Waals surface area (Å²) in [6.45, 7) is 0.661. The van der Waals surface area contributed by atoms with E-state index in [9.17, 15) is 9.59 Å². The molecule has 0 bridgehead atoms. The third-order valence-corrected chi connectivity index (χ3v) is 5.04. The maximum atomic E-state index is 13.0. The van der Waals surface area contributed by atoms with Crippen LogP contribution in [0.1, 0.15) is 55.5 Å². The molecule has 0 aliphatic carbocycles. The summed E-state index contributed by atoms with van der Waals surface area (Å²) in [6, 6.07) is 7.37. The summed E-state index contributed by atoms with van der Waals surface area (Å²) in [4.78, 5) is 31.3. The van der Waals surface area contributed by atoms with Crippen molar-refractivity contribution in [2.75, 3.05) is 11.9 Å². The van der Waals surface area contributed by atoms with Gasteiger partial charge in [-0.1, -0.05) is 36.2 Å². The summed E-state index contributed by atoms with van der Waals surface area (Å²) >= 11 is 0. The fourth-order valence-electron chi connectivity index (χ4n) is 3.77. The van der Waals surface area contributed by atoms with E-state index in [0.29, 0.717) is 12.4 Å². The highest BCUT2D eigenvalue weighted by Crippen LogP contribution is 2.36. The Morgan fingerprint density at radius 3 is 3.00 bits per heavy atom. The summed E-state index contributed by atoms with van der Waals surface area (Å²) in [5.41, 5.74) is 1.70. The van der Waals surface area contributed by atoms with Crippen LogP contribution in [0.25, 0.3) is 0 Å². The number of rotatable bonds is 3. The first-order valence-electron chi connectivity index (χ1n) is 8.69. The predicted octanol–water partition coefficient (Wildman–Crippen LogP) is 2.64. The number of nitrogens with one attached hydrogen (secondary N) is 1. The van der Waals surface area contributed by atoms with Crippen LogP contribution in [0.15, 0.2) is 35.2 Å². The molecular weight excluding hydrogens is 320 g/mol. The Kier molecular flexibility index (Phi) is 4.21. The van der Waals surface area contributed by atoms with E-state index < -0.39 is 5.92 Å². The van der Waals surface area contributed by atoms with Crippen LogP contribution in [0.2, 0.25) is 0 Å². The van der Waals surface area contributed by atoms with Crippen molar-refractivity contribution in [3.05, 3.63) is 42.0 Å². The summed E-state index contributed by atoms with van der Waals surface area (Å²) in [5, 5.41) is 6.80. The number of aromatic nitrogens is 2. The second kappa shape index (κ2) is 6.66. The first-order valence-corrected chi connectivity index (χ1v) is 8.69. The minimum Gasteiger partial charge on any atom is -0.343 e. The van der Waals surface area contributed by atoms with Gasteiger partial charge in [-0.2, -0.15) is 4.98 Å². The van der Waals surface area contributed by atoms with E-state index in [1.54, 1.807) is 0 Å². The Balaban J connectivity index is 1.56. The Labute approximate surface area is 145 Å². The molecule has 130 valence electrons. The molecule has 1 fully saturated rings. The zero-order chi connectivity index (χ0) is 17.2. The van der Waals surface area contributed by atoms with Gasteiger partial charge in [-0.3, -0.25) is 9.59 Å². The molecule has 1 N–H and O–H groups in total. The first-order chi connectivity index (χ1) is 12.2. The van der Waals surface area contributed by atoms with Crippen LogP contribution >= 0.6 is 0 Å². The Morgan fingerprint density at radius 1 is 1.28 bits per heavy atom. The standard InChI is InChI=1S/C18H20N4O3/c23-16(10-13-12-6-3-4-7-14(12)20-18(13)24)22-9-5-1-2-8-15(22)17-19-11-25-21-17/h3-4,6-7,11,13,15H,1-2,5,8-10H2,(H,20,24)/t13-,15-/m0/s1. The van der Waals surface area contributed by atoms with Gasteiger partial charge in [0.25, 0.3) is 0 Å². The van der Waals surface area contributed by atoms with Crippen molar-refractivity contribution in [2.24, 2.45) is 0 Å². The highest BCUT2D eigenvalue weighted by Gasteiger charge is 2.36. The van der Waals surface area contributed by atoms with Crippen molar-refractivity contribution < 1.29 is 14.1 Å². The van der Waals surface area contributed by atoms with Gasteiger partial charge < -0.3 is 14.7 Å². The van der Waals surface area contributed by atoms with E-state index in [1.807, 2.05) is 29.2 Å². The number of carbonyl (C=O) groups is 2. The molecule has 0 unspecified atom stereocenters. The van der Waals surface area contributed by atoms with Gasteiger partial charge >= 0.3 is 0 Å². The van der Waals surface area contributed by atoms with Crippen LogP contribution in [0.3, 0.4) is 0 Å². The number of para-hydroxylation sites is 1.